The van der Waals surface area contributed by atoms with E-state index in [1.807, 2.05) is 36.5 Å². The van der Waals surface area contributed by atoms with Gasteiger partial charge in [0.05, 0.1) is 12.3 Å². The minimum Gasteiger partial charge on any atom is -0.508 e. The summed E-state index contributed by atoms with van der Waals surface area (Å²) >= 11 is 0. The number of fused-ring (bicyclic) bond motifs is 1. The van der Waals surface area contributed by atoms with E-state index in [1.165, 1.54) is 5.56 Å². The normalized spacial score (nSPS) is 17.3. The molecule has 17 heavy (non-hydrogen) atoms. The average molecular weight is 224 g/mol. The van der Waals surface area contributed by atoms with Gasteiger partial charge in [-0.15, -0.1) is 0 Å². The van der Waals surface area contributed by atoms with Crippen molar-refractivity contribution < 1.29 is 5.11 Å². The zero-order valence-corrected chi connectivity index (χ0v) is 9.17. The zero-order valence-electron chi connectivity index (χ0n) is 9.17. The number of benzene rings is 2. The van der Waals surface area contributed by atoms with Gasteiger partial charge in [-0.3, -0.25) is 5.43 Å². The molecule has 0 bridgehead atoms. The van der Waals surface area contributed by atoms with Crippen molar-refractivity contribution in [1.29, 1.82) is 0 Å². The number of hydrazone groups is 1. The van der Waals surface area contributed by atoms with Crippen LogP contribution in [0.15, 0.2) is 53.6 Å². The molecule has 84 valence electrons. The van der Waals surface area contributed by atoms with Gasteiger partial charge in [-0.25, -0.2) is 0 Å². The highest BCUT2D eigenvalue weighted by Crippen LogP contribution is 2.27. The van der Waals surface area contributed by atoms with Crippen LogP contribution in [0.5, 0.6) is 5.75 Å². The van der Waals surface area contributed by atoms with Crippen LogP contribution >= 0.6 is 0 Å². The topological polar surface area (TPSA) is 44.6 Å². The number of phenols is 1. The first-order valence-corrected chi connectivity index (χ1v) is 5.51. The van der Waals surface area contributed by atoms with Crippen molar-refractivity contribution >= 4 is 6.21 Å². The minimum atomic E-state index is 0.0526. The van der Waals surface area contributed by atoms with Crippen molar-refractivity contribution in [2.45, 2.75) is 6.04 Å². The Bertz CT molecular complexity index is 561. The Morgan fingerprint density at radius 2 is 1.76 bits per heavy atom. The molecule has 1 atom stereocenters. The van der Waals surface area contributed by atoms with E-state index in [0.29, 0.717) is 0 Å². The maximum Gasteiger partial charge on any atom is 0.115 e. The van der Waals surface area contributed by atoms with Crippen LogP contribution in [0.4, 0.5) is 0 Å². The van der Waals surface area contributed by atoms with E-state index in [0.717, 1.165) is 11.1 Å². The molecular weight excluding hydrogens is 212 g/mol. The lowest BCUT2D eigenvalue weighted by atomic mass is 9.94. The van der Waals surface area contributed by atoms with Gasteiger partial charge in [-0.2, -0.15) is 5.10 Å². The molecule has 2 N–H and O–H groups in total. The van der Waals surface area contributed by atoms with E-state index in [4.69, 9.17) is 0 Å². The predicted octanol–water partition coefficient (Wildman–Crippen LogP) is 2.42. The third kappa shape index (κ3) is 1.76. The first-order chi connectivity index (χ1) is 8.34. The third-order valence-corrected chi connectivity index (χ3v) is 2.94. The highest BCUT2D eigenvalue weighted by Gasteiger charge is 2.18. The SMILES string of the molecule is Oc1ccc(C2NN=Cc3ccccc32)cc1. The van der Waals surface area contributed by atoms with Crippen LogP contribution in [0.25, 0.3) is 0 Å². The van der Waals surface area contributed by atoms with Crippen LogP contribution in [0.3, 0.4) is 0 Å². The molecule has 1 aliphatic rings. The van der Waals surface area contributed by atoms with Crippen molar-refractivity contribution in [1.82, 2.24) is 5.43 Å². The molecule has 0 saturated heterocycles. The number of aromatic hydroxyl groups is 1. The van der Waals surface area contributed by atoms with Crippen molar-refractivity contribution in [3.63, 3.8) is 0 Å². The van der Waals surface area contributed by atoms with Crippen LogP contribution in [0.2, 0.25) is 0 Å². The van der Waals surface area contributed by atoms with Gasteiger partial charge in [-0.05, 0) is 23.3 Å². The van der Waals surface area contributed by atoms with Crippen LogP contribution in [0.1, 0.15) is 22.7 Å². The fourth-order valence-corrected chi connectivity index (χ4v) is 2.06. The number of hydrogen-bond acceptors (Lipinski definition) is 3. The molecule has 3 heteroatoms. The molecule has 3 rings (SSSR count). The quantitative estimate of drug-likeness (QED) is 0.781. The summed E-state index contributed by atoms with van der Waals surface area (Å²) in [4.78, 5) is 0. The van der Waals surface area contributed by atoms with Crippen LogP contribution in [0, 0.1) is 0 Å². The summed E-state index contributed by atoms with van der Waals surface area (Å²) in [6, 6.07) is 15.4. The van der Waals surface area contributed by atoms with Crippen molar-refractivity contribution in [2.75, 3.05) is 0 Å². The Kier molecular flexibility index (Phi) is 2.29. The predicted molar refractivity (Wildman–Crippen MR) is 67.1 cm³/mol. The molecule has 1 aliphatic heterocycles. The maximum atomic E-state index is 9.30. The second-order valence-electron chi connectivity index (χ2n) is 4.04. The standard InChI is InChI=1S/C14H12N2O/c17-12-7-5-10(6-8-12)14-13-4-2-1-3-11(13)9-15-16-14/h1-9,14,16-17H. The van der Waals surface area contributed by atoms with Crippen molar-refractivity contribution in [2.24, 2.45) is 5.10 Å². The Morgan fingerprint density at radius 1 is 1.00 bits per heavy atom. The van der Waals surface area contributed by atoms with Gasteiger partial charge in [-0.1, -0.05) is 36.4 Å². The fraction of sp³-hybridized carbons (Fsp3) is 0.0714. The molecule has 0 aromatic heterocycles. The van der Waals surface area contributed by atoms with Gasteiger partial charge in [0.15, 0.2) is 0 Å². The molecule has 1 unspecified atom stereocenters. The van der Waals surface area contributed by atoms with Gasteiger partial charge in [0.1, 0.15) is 5.75 Å². The lowest BCUT2D eigenvalue weighted by Crippen LogP contribution is -2.22. The number of nitrogens with zero attached hydrogens (tertiary/aromatic N) is 1. The van der Waals surface area contributed by atoms with E-state index in [9.17, 15) is 5.11 Å². The Morgan fingerprint density at radius 3 is 2.59 bits per heavy atom. The van der Waals surface area contributed by atoms with E-state index < -0.39 is 0 Å². The molecule has 3 nitrogen and oxygen atoms in total. The van der Waals surface area contributed by atoms with E-state index >= 15 is 0 Å². The molecule has 0 amide bonds. The summed E-state index contributed by atoms with van der Waals surface area (Å²) in [5, 5.41) is 13.5. The summed E-state index contributed by atoms with van der Waals surface area (Å²) in [6.45, 7) is 0. The first kappa shape index (κ1) is 9.90. The van der Waals surface area contributed by atoms with Gasteiger partial charge in [0.2, 0.25) is 0 Å². The average Bonchev–Trinajstić information content (AvgIpc) is 2.39. The zero-order chi connectivity index (χ0) is 11.7. The molecule has 0 aliphatic carbocycles. The van der Waals surface area contributed by atoms with Gasteiger partial charge in [0, 0.05) is 5.56 Å². The number of nitrogens with one attached hydrogen (secondary N) is 1. The fourth-order valence-electron chi connectivity index (χ4n) is 2.06. The number of phenolic OH excluding ortho intramolecular Hbond substituents is 1. The molecule has 0 fully saturated rings. The third-order valence-electron chi connectivity index (χ3n) is 2.94. The van der Waals surface area contributed by atoms with Crippen molar-refractivity contribution in [3.05, 3.63) is 65.2 Å². The molecule has 2 aromatic rings. The largest absolute Gasteiger partial charge is 0.508 e. The highest BCUT2D eigenvalue weighted by molar-refractivity contribution is 5.83. The second-order valence-corrected chi connectivity index (χ2v) is 4.04. The minimum absolute atomic E-state index is 0.0526. The summed E-state index contributed by atoms with van der Waals surface area (Å²) in [6.07, 6.45) is 1.83. The Balaban J connectivity index is 2.05. The smallest absolute Gasteiger partial charge is 0.115 e. The van der Waals surface area contributed by atoms with Crippen LogP contribution in [-0.4, -0.2) is 11.3 Å². The summed E-state index contributed by atoms with van der Waals surface area (Å²) < 4.78 is 0. The second kappa shape index (κ2) is 3.94. The van der Waals surface area contributed by atoms with E-state index in [1.54, 1.807) is 12.1 Å². The van der Waals surface area contributed by atoms with Crippen LogP contribution < -0.4 is 5.43 Å². The maximum absolute atomic E-state index is 9.30. The first-order valence-electron chi connectivity index (χ1n) is 5.51. The lowest BCUT2D eigenvalue weighted by Gasteiger charge is -2.22. The van der Waals surface area contributed by atoms with Crippen LogP contribution in [-0.2, 0) is 0 Å². The Labute approximate surface area is 99.4 Å². The molecule has 1 heterocycles. The summed E-state index contributed by atoms with van der Waals surface area (Å²) in [5.41, 5.74) is 6.52. The summed E-state index contributed by atoms with van der Waals surface area (Å²) in [5.74, 6) is 0.279. The lowest BCUT2D eigenvalue weighted by molar-refractivity contribution is 0.474. The van der Waals surface area contributed by atoms with E-state index in [2.05, 4.69) is 16.6 Å². The summed E-state index contributed by atoms with van der Waals surface area (Å²) in [7, 11) is 0. The Hall–Kier alpha value is -2.29. The highest BCUT2D eigenvalue weighted by atomic mass is 16.3. The van der Waals surface area contributed by atoms with Gasteiger partial charge < -0.3 is 5.11 Å². The molecule has 0 radical (unpaired) electrons. The molecule has 0 saturated carbocycles. The molecular formula is C14H12N2O. The number of rotatable bonds is 1. The van der Waals surface area contributed by atoms with Gasteiger partial charge in [0.25, 0.3) is 0 Å². The number of hydrogen-bond donors (Lipinski definition) is 2. The molecule has 2 aromatic carbocycles. The van der Waals surface area contributed by atoms with E-state index in [-0.39, 0.29) is 11.8 Å². The van der Waals surface area contributed by atoms with Gasteiger partial charge >= 0.3 is 0 Å². The van der Waals surface area contributed by atoms with Crippen molar-refractivity contribution in [3.8, 4) is 5.75 Å². The molecule has 0 spiro atoms. The monoisotopic (exact) mass is 224 g/mol.